The molecule has 1 fully saturated rings. The van der Waals surface area contributed by atoms with Crippen molar-refractivity contribution in [2.24, 2.45) is 5.73 Å². The molecule has 2 rings (SSSR count). The van der Waals surface area contributed by atoms with Gasteiger partial charge in [0.05, 0.1) is 12.7 Å². The SMILES string of the molecule is COc1cccc(O)c1C1(N)CCC1. The van der Waals surface area contributed by atoms with E-state index in [9.17, 15) is 5.11 Å². The third-order valence-electron chi connectivity index (χ3n) is 2.97. The highest BCUT2D eigenvalue weighted by Gasteiger charge is 2.38. The van der Waals surface area contributed by atoms with Crippen molar-refractivity contribution in [3.63, 3.8) is 0 Å². The van der Waals surface area contributed by atoms with Crippen LogP contribution < -0.4 is 10.5 Å². The fraction of sp³-hybridized carbons (Fsp3) is 0.455. The maximum atomic E-state index is 9.76. The summed E-state index contributed by atoms with van der Waals surface area (Å²) in [6.45, 7) is 0. The normalized spacial score (nSPS) is 18.7. The van der Waals surface area contributed by atoms with Crippen LogP contribution in [0.2, 0.25) is 0 Å². The van der Waals surface area contributed by atoms with E-state index in [1.807, 2.05) is 6.07 Å². The highest BCUT2D eigenvalue weighted by atomic mass is 16.5. The molecule has 0 aliphatic heterocycles. The Labute approximate surface area is 83.5 Å². The fourth-order valence-electron chi connectivity index (χ4n) is 2.00. The van der Waals surface area contributed by atoms with Gasteiger partial charge in [-0.15, -0.1) is 0 Å². The Morgan fingerprint density at radius 2 is 2.14 bits per heavy atom. The predicted molar refractivity (Wildman–Crippen MR) is 54.4 cm³/mol. The topological polar surface area (TPSA) is 55.5 Å². The average molecular weight is 193 g/mol. The number of hydrogen-bond acceptors (Lipinski definition) is 3. The summed E-state index contributed by atoms with van der Waals surface area (Å²) in [4.78, 5) is 0. The third-order valence-corrected chi connectivity index (χ3v) is 2.97. The lowest BCUT2D eigenvalue weighted by Gasteiger charge is -2.39. The number of nitrogens with two attached hydrogens (primary N) is 1. The highest BCUT2D eigenvalue weighted by Crippen LogP contribution is 2.46. The number of phenols is 1. The van der Waals surface area contributed by atoms with Crippen molar-refractivity contribution in [3.8, 4) is 11.5 Å². The van der Waals surface area contributed by atoms with Crippen LogP contribution in [0.4, 0.5) is 0 Å². The number of phenolic OH excluding ortho intramolecular Hbond substituents is 1. The van der Waals surface area contributed by atoms with Crippen molar-refractivity contribution < 1.29 is 9.84 Å². The summed E-state index contributed by atoms with van der Waals surface area (Å²) in [5.41, 5.74) is 6.54. The van der Waals surface area contributed by atoms with Gasteiger partial charge in [0.15, 0.2) is 0 Å². The molecule has 1 aliphatic carbocycles. The van der Waals surface area contributed by atoms with Crippen molar-refractivity contribution in [3.05, 3.63) is 23.8 Å². The Hall–Kier alpha value is -1.22. The average Bonchev–Trinajstić information content (AvgIpc) is 2.14. The Bertz CT molecular complexity index is 345. The van der Waals surface area contributed by atoms with Crippen molar-refractivity contribution in [1.29, 1.82) is 0 Å². The second-order valence-electron chi connectivity index (χ2n) is 3.86. The van der Waals surface area contributed by atoms with E-state index >= 15 is 0 Å². The van der Waals surface area contributed by atoms with E-state index in [1.165, 1.54) is 0 Å². The minimum absolute atomic E-state index is 0.242. The van der Waals surface area contributed by atoms with Gasteiger partial charge < -0.3 is 15.6 Å². The van der Waals surface area contributed by atoms with E-state index in [0.717, 1.165) is 24.8 Å². The molecule has 14 heavy (non-hydrogen) atoms. The molecule has 1 aromatic rings. The number of aromatic hydroxyl groups is 1. The van der Waals surface area contributed by atoms with E-state index in [2.05, 4.69) is 0 Å². The van der Waals surface area contributed by atoms with Gasteiger partial charge in [-0.2, -0.15) is 0 Å². The minimum atomic E-state index is -0.378. The zero-order chi connectivity index (χ0) is 10.2. The Balaban J connectivity index is 2.49. The molecule has 3 nitrogen and oxygen atoms in total. The number of ether oxygens (including phenoxy) is 1. The first-order valence-electron chi connectivity index (χ1n) is 4.83. The van der Waals surface area contributed by atoms with E-state index in [0.29, 0.717) is 5.75 Å². The summed E-state index contributed by atoms with van der Waals surface area (Å²) in [5.74, 6) is 0.929. The van der Waals surface area contributed by atoms with Crippen LogP contribution in [0.5, 0.6) is 11.5 Å². The summed E-state index contributed by atoms with van der Waals surface area (Å²) in [7, 11) is 1.60. The van der Waals surface area contributed by atoms with Crippen LogP contribution in [0.25, 0.3) is 0 Å². The predicted octanol–water partition coefficient (Wildman–Crippen LogP) is 1.74. The van der Waals surface area contributed by atoms with Gasteiger partial charge in [0.25, 0.3) is 0 Å². The lowest BCUT2D eigenvalue weighted by atomic mass is 9.72. The molecule has 3 heteroatoms. The quantitative estimate of drug-likeness (QED) is 0.752. The van der Waals surface area contributed by atoms with Crippen LogP contribution in [0.3, 0.4) is 0 Å². The molecule has 1 aromatic carbocycles. The fourth-order valence-corrected chi connectivity index (χ4v) is 2.00. The first-order valence-corrected chi connectivity index (χ1v) is 4.83. The second kappa shape index (κ2) is 3.17. The van der Waals surface area contributed by atoms with Crippen LogP contribution in [-0.2, 0) is 5.54 Å². The molecule has 1 saturated carbocycles. The molecular formula is C11H15NO2. The Morgan fingerprint density at radius 3 is 2.64 bits per heavy atom. The lowest BCUT2D eigenvalue weighted by molar-refractivity contribution is 0.235. The molecular weight excluding hydrogens is 178 g/mol. The first kappa shape index (κ1) is 9.34. The van der Waals surface area contributed by atoms with E-state index < -0.39 is 0 Å². The molecule has 0 heterocycles. The minimum Gasteiger partial charge on any atom is -0.507 e. The van der Waals surface area contributed by atoms with Crippen LogP contribution in [0.15, 0.2) is 18.2 Å². The molecule has 0 amide bonds. The van der Waals surface area contributed by atoms with E-state index in [1.54, 1.807) is 19.2 Å². The second-order valence-corrected chi connectivity index (χ2v) is 3.86. The monoisotopic (exact) mass is 193 g/mol. The van der Waals surface area contributed by atoms with Gasteiger partial charge in [0.2, 0.25) is 0 Å². The number of methoxy groups -OCH3 is 1. The van der Waals surface area contributed by atoms with Crippen molar-refractivity contribution in [2.45, 2.75) is 24.8 Å². The zero-order valence-electron chi connectivity index (χ0n) is 8.29. The molecule has 76 valence electrons. The molecule has 0 radical (unpaired) electrons. The highest BCUT2D eigenvalue weighted by molar-refractivity contribution is 5.49. The van der Waals surface area contributed by atoms with Gasteiger partial charge in [-0.25, -0.2) is 0 Å². The van der Waals surface area contributed by atoms with Gasteiger partial charge in [-0.05, 0) is 31.4 Å². The molecule has 0 unspecified atom stereocenters. The van der Waals surface area contributed by atoms with Crippen molar-refractivity contribution in [1.82, 2.24) is 0 Å². The summed E-state index contributed by atoms with van der Waals surface area (Å²) in [5, 5.41) is 9.76. The molecule has 1 aliphatic rings. The van der Waals surface area contributed by atoms with Crippen LogP contribution in [0.1, 0.15) is 24.8 Å². The molecule has 0 saturated heterocycles. The van der Waals surface area contributed by atoms with E-state index in [-0.39, 0.29) is 11.3 Å². The number of hydrogen-bond donors (Lipinski definition) is 2. The van der Waals surface area contributed by atoms with E-state index in [4.69, 9.17) is 10.5 Å². The number of benzene rings is 1. The maximum absolute atomic E-state index is 9.76. The lowest BCUT2D eigenvalue weighted by Crippen LogP contribution is -2.43. The maximum Gasteiger partial charge on any atom is 0.127 e. The summed E-state index contributed by atoms with van der Waals surface area (Å²) in [6.07, 6.45) is 2.95. The molecule has 0 atom stereocenters. The molecule has 0 bridgehead atoms. The summed E-state index contributed by atoms with van der Waals surface area (Å²) >= 11 is 0. The summed E-state index contributed by atoms with van der Waals surface area (Å²) < 4.78 is 5.21. The smallest absolute Gasteiger partial charge is 0.127 e. The molecule has 0 aromatic heterocycles. The van der Waals surface area contributed by atoms with Crippen LogP contribution >= 0.6 is 0 Å². The first-order chi connectivity index (χ1) is 6.67. The third kappa shape index (κ3) is 1.24. The van der Waals surface area contributed by atoms with Crippen molar-refractivity contribution in [2.75, 3.05) is 7.11 Å². The van der Waals surface area contributed by atoms with Gasteiger partial charge in [0.1, 0.15) is 11.5 Å². The molecule has 0 spiro atoms. The van der Waals surface area contributed by atoms with Crippen LogP contribution in [0, 0.1) is 0 Å². The number of rotatable bonds is 2. The Kier molecular flexibility index (Phi) is 2.11. The van der Waals surface area contributed by atoms with Gasteiger partial charge in [-0.1, -0.05) is 6.07 Å². The Morgan fingerprint density at radius 1 is 1.43 bits per heavy atom. The standard InChI is InChI=1S/C11H15NO2/c1-14-9-5-2-4-8(13)10(9)11(12)6-3-7-11/h2,4-5,13H,3,6-7,12H2,1H3. The molecule has 3 N–H and O–H groups in total. The van der Waals surface area contributed by atoms with Gasteiger partial charge in [-0.3, -0.25) is 0 Å². The zero-order valence-corrected chi connectivity index (χ0v) is 8.29. The summed E-state index contributed by atoms with van der Waals surface area (Å²) in [6, 6.07) is 5.26. The van der Waals surface area contributed by atoms with Crippen LogP contribution in [-0.4, -0.2) is 12.2 Å². The van der Waals surface area contributed by atoms with Gasteiger partial charge in [0, 0.05) is 5.54 Å². The largest absolute Gasteiger partial charge is 0.507 e. The van der Waals surface area contributed by atoms with Crippen molar-refractivity contribution >= 4 is 0 Å². The van der Waals surface area contributed by atoms with Gasteiger partial charge >= 0.3 is 0 Å².